The van der Waals surface area contributed by atoms with E-state index in [0.717, 1.165) is 5.76 Å². The summed E-state index contributed by atoms with van der Waals surface area (Å²) in [6.45, 7) is 9.32. The van der Waals surface area contributed by atoms with Crippen LogP contribution in [-0.2, 0) is 5.60 Å². The number of carbonyl (C=O) groups is 1. The Morgan fingerprint density at radius 3 is 2.70 bits per heavy atom. The largest absolute Gasteiger partial charge is 0.466 e. The van der Waals surface area contributed by atoms with Crippen molar-refractivity contribution in [2.75, 3.05) is 11.9 Å². The predicted molar refractivity (Wildman–Crippen MR) is 87.4 cm³/mol. The molecule has 2 aromatic rings. The number of amides is 2. The van der Waals surface area contributed by atoms with Gasteiger partial charge in [0.15, 0.2) is 0 Å². The summed E-state index contributed by atoms with van der Waals surface area (Å²) in [5.74, 6) is 1.37. The van der Waals surface area contributed by atoms with Crippen molar-refractivity contribution in [2.45, 2.75) is 46.3 Å². The number of nitrogens with one attached hydrogen (secondary N) is 2. The van der Waals surface area contributed by atoms with E-state index in [2.05, 4.69) is 15.7 Å². The SMILES string of the molecule is Cc1cc(C(C)(O)CNC(=O)Nc2cnn(C(C)C)c2)c(C)o1. The third-order valence-corrected chi connectivity index (χ3v) is 3.60. The fourth-order valence-electron chi connectivity index (χ4n) is 2.37. The zero-order valence-corrected chi connectivity index (χ0v) is 14.2. The van der Waals surface area contributed by atoms with Crippen LogP contribution in [0.25, 0.3) is 0 Å². The minimum atomic E-state index is -1.21. The average Bonchev–Trinajstić information content (AvgIpc) is 3.03. The van der Waals surface area contributed by atoms with Gasteiger partial charge >= 0.3 is 6.03 Å². The number of aromatic nitrogens is 2. The highest BCUT2D eigenvalue weighted by Crippen LogP contribution is 2.26. The van der Waals surface area contributed by atoms with Gasteiger partial charge in [-0.2, -0.15) is 5.10 Å². The maximum absolute atomic E-state index is 12.0. The second-order valence-electron chi connectivity index (χ2n) is 6.21. The van der Waals surface area contributed by atoms with Gasteiger partial charge in [-0.1, -0.05) is 0 Å². The molecule has 0 aromatic carbocycles. The number of anilines is 1. The summed E-state index contributed by atoms with van der Waals surface area (Å²) >= 11 is 0. The first kappa shape index (κ1) is 17.1. The molecule has 2 heterocycles. The summed E-state index contributed by atoms with van der Waals surface area (Å²) in [5.41, 5.74) is 0.0653. The number of furan rings is 1. The summed E-state index contributed by atoms with van der Waals surface area (Å²) in [5, 5.41) is 20.1. The Balaban J connectivity index is 1.94. The second-order valence-corrected chi connectivity index (χ2v) is 6.21. The summed E-state index contributed by atoms with van der Waals surface area (Å²) in [6, 6.07) is 1.61. The van der Waals surface area contributed by atoms with E-state index in [1.54, 1.807) is 37.0 Å². The van der Waals surface area contributed by atoms with Crippen molar-refractivity contribution in [3.63, 3.8) is 0 Å². The van der Waals surface area contributed by atoms with Crippen LogP contribution in [-0.4, -0.2) is 27.5 Å². The number of hydrogen-bond acceptors (Lipinski definition) is 4. The van der Waals surface area contributed by atoms with Crippen LogP contribution < -0.4 is 10.6 Å². The summed E-state index contributed by atoms with van der Waals surface area (Å²) in [6.07, 6.45) is 3.34. The molecule has 0 spiro atoms. The Hall–Kier alpha value is -2.28. The lowest BCUT2D eigenvalue weighted by molar-refractivity contribution is 0.0584. The van der Waals surface area contributed by atoms with Crippen LogP contribution >= 0.6 is 0 Å². The highest BCUT2D eigenvalue weighted by molar-refractivity contribution is 5.88. The molecule has 1 unspecified atom stereocenters. The molecule has 0 aliphatic rings. The van der Waals surface area contributed by atoms with Gasteiger partial charge < -0.3 is 20.2 Å². The smallest absolute Gasteiger partial charge is 0.319 e. The van der Waals surface area contributed by atoms with E-state index in [0.29, 0.717) is 17.0 Å². The van der Waals surface area contributed by atoms with Crippen LogP contribution in [0.3, 0.4) is 0 Å². The van der Waals surface area contributed by atoms with Crippen molar-refractivity contribution in [3.05, 3.63) is 35.5 Å². The van der Waals surface area contributed by atoms with Gasteiger partial charge in [0, 0.05) is 17.8 Å². The van der Waals surface area contributed by atoms with E-state index in [9.17, 15) is 9.90 Å². The molecule has 0 radical (unpaired) electrons. The molecular formula is C16H24N4O3. The van der Waals surface area contributed by atoms with E-state index in [1.165, 1.54) is 0 Å². The monoisotopic (exact) mass is 320 g/mol. The van der Waals surface area contributed by atoms with Crippen molar-refractivity contribution in [1.82, 2.24) is 15.1 Å². The molecule has 7 heteroatoms. The van der Waals surface area contributed by atoms with E-state index in [4.69, 9.17) is 4.42 Å². The van der Waals surface area contributed by atoms with E-state index in [-0.39, 0.29) is 12.6 Å². The van der Waals surface area contributed by atoms with Crippen molar-refractivity contribution < 1.29 is 14.3 Å². The molecule has 0 fully saturated rings. The molecule has 0 saturated carbocycles. The average molecular weight is 320 g/mol. The number of rotatable bonds is 5. The van der Waals surface area contributed by atoms with Crippen molar-refractivity contribution in [2.24, 2.45) is 0 Å². The summed E-state index contributed by atoms with van der Waals surface area (Å²) < 4.78 is 7.18. The molecule has 7 nitrogen and oxygen atoms in total. The predicted octanol–water partition coefficient (Wildman–Crippen LogP) is 2.70. The van der Waals surface area contributed by atoms with Gasteiger partial charge in [0.2, 0.25) is 0 Å². The maximum Gasteiger partial charge on any atom is 0.319 e. The first-order valence-corrected chi connectivity index (χ1v) is 7.58. The molecule has 0 aliphatic heterocycles. The van der Waals surface area contributed by atoms with Gasteiger partial charge in [0.25, 0.3) is 0 Å². The Bertz CT molecular complexity index is 685. The van der Waals surface area contributed by atoms with Gasteiger partial charge in [0.05, 0.1) is 18.4 Å². The summed E-state index contributed by atoms with van der Waals surface area (Å²) in [7, 11) is 0. The van der Waals surface area contributed by atoms with Crippen LogP contribution in [0.2, 0.25) is 0 Å². The molecule has 3 N–H and O–H groups in total. The zero-order chi connectivity index (χ0) is 17.2. The molecule has 1 atom stereocenters. The molecular weight excluding hydrogens is 296 g/mol. The van der Waals surface area contributed by atoms with Gasteiger partial charge in [0.1, 0.15) is 17.1 Å². The fourth-order valence-corrected chi connectivity index (χ4v) is 2.37. The number of urea groups is 1. The Morgan fingerprint density at radius 2 is 2.17 bits per heavy atom. The maximum atomic E-state index is 12.0. The lowest BCUT2D eigenvalue weighted by Crippen LogP contribution is -2.40. The molecule has 2 rings (SSSR count). The van der Waals surface area contributed by atoms with Crippen molar-refractivity contribution in [1.29, 1.82) is 0 Å². The van der Waals surface area contributed by atoms with E-state index < -0.39 is 11.6 Å². The van der Waals surface area contributed by atoms with Crippen molar-refractivity contribution >= 4 is 11.7 Å². The number of carbonyl (C=O) groups excluding carboxylic acids is 1. The normalized spacial score (nSPS) is 13.9. The molecule has 126 valence electrons. The van der Waals surface area contributed by atoms with Gasteiger partial charge in [-0.05, 0) is 40.7 Å². The third-order valence-electron chi connectivity index (χ3n) is 3.60. The fraction of sp³-hybridized carbons (Fsp3) is 0.500. The van der Waals surface area contributed by atoms with Crippen LogP contribution in [0.1, 0.15) is 43.9 Å². The molecule has 0 saturated heterocycles. The van der Waals surface area contributed by atoms with Crippen LogP contribution in [0.4, 0.5) is 10.5 Å². The first-order chi connectivity index (χ1) is 10.7. The highest BCUT2D eigenvalue weighted by atomic mass is 16.3. The van der Waals surface area contributed by atoms with Gasteiger partial charge in [-0.3, -0.25) is 4.68 Å². The molecule has 0 bridgehead atoms. The Morgan fingerprint density at radius 1 is 1.48 bits per heavy atom. The molecule has 0 aliphatic carbocycles. The second kappa shape index (κ2) is 6.45. The minimum Gasteiger partial charge on any atom is -0.466 e. The van der Waals surface area contributed by atoms with Crippen molar-refractivity contribution in [3.8, 4) is 0 Å². The molecule has 23 heavy (non-hydrogen) atoms. The van der Waals surface area contributed by atoms with Gasteiger partial charge in [-0.15, -0.1) is 0 Å². The Labute approximate surface area is 135 Å². The number of aryl methyl sites for hydroxylation is 2. The van der Waals surface area contributed by atoms with Crippen LogP contribution in [0.5, 0.6) is 0 Å². The minimum absolute atomic E-state index is 0.0664. The van der Waals surface area contributed by atoms with Crippen LogP contribution in [0.15, 0.2) is 22.9 Å². The molecule has 2 aromatic heterocycles. The quantitative estimate of drug-likeness (QED) is 0.790. The first-order valence-electron chi connectivity index (χ1n) is 7.58. The lowest BCUT2D eigenvalue weighted by atomic mass is 9.96. The highest BCUT2D eigenvalue weighted by Gasteiger charge is 2.28. The lowest BCUT2D eigenvalue weighted by Gasteiger charge is -2.23. The van der Waals surface area contributed by atoms with Crippen LogP contribution in [0, 0.1) is 13.8 Å². The standard InChI is InChI=1S/C16H24N4O3/c1-10(2)20-8-13(7-18-20)19-15(21)17-9-16(5,22)14-6-11(3)23-12(14)4/h6-8,10,22H,9H2,1-5H3,(H2,17,19,21). The molecule has 2 amide bonds. The number of hydrogen-bond donors (Lipinski definition) is 3. The third kappa shape index (κ3) is 4.13. The van der Waals surface area contributed by atoms with E-state index >= 15 is 0 Å². The topological polar surface area (TPSA) is 92.3 Å². The Kier molecular flexibility index (Phi) is 4.79. The van der Waals surface area contributed by atoms with Gasteiger partial charge in [-0.25, -0.2) is 4.79 Å². The summed E-state index contributed by atoms with van der Waals surface area (Å²) in [4.78, 5) is 12.0. The zero-order valence-electron chi connectivity index (χ0n) is 14.2. The number of nitrogens with zero attached hydrogens (tertiary/aromatic N) is 2. The number of aliphatic hydroxyl groups is 1. The van der Waals surface area contributed by atoms with E-state index in [1.807, 2.05) is 20.8 Å².